The van der Waals surface area contributed by atoms with Crippen LogP contribution in [0.1, 0.15) is 60.3 Å². The van der Waals surface area contributed by atoms with E-state index >= 15 is 0 Å². The molecule has 0 aromatic heterocycles. The molecule has 21 heavy (non-hydrogen) atoms. The third-order valence-electron chi connectivity index (χ3n) is 4.83. The SMILES string of the molecule is CC(C)N1CCN(CC[C@H](CCO)CCC(C)(C)C)CC1. The normalized spacial score (nSPS) is 20.1. The Kier molecular flexibility index (Phi) is 8.22. The molecular formula is C18H38N2O. The van der Waals surface area contributed by atoms with Crippen molar-refractivity contribution in [2.24, 2.45) is 11.3 Å². The highest BCUT2D eigenvalue weighted by Crippen LogP contribution is 2.26. The Morgan fingerprint density at radius 3 is 2.05 bits per heavy atom. The molecule has 1 fully saturated rings. The average molecular weight is 299 g/mol. The van der Waals surface area contributed by atoms with Crippen LogP contribution < -0.4 is 0 Å². The average Bonchev–Trinajstić information content (AvgIpc) is 2.41. The second-order valence-electron chi connectivity index (χ2n) is 8.24. The zero-order valence-corrected chi connectivity index (χ0v) is 15.1. The number of piperazine rings is 1. The highest BCUT2D eigenvalue weighted by atomic mass is 16.3. The molecule has 0 unspecified atom stereocenters. The fourth-order valence-electron chi connectivity index (χ4n) is 3.12. The summed E-state index contributed by atoms with van der Waals surface area (Å²) in [4.78, 5) is 5.18. The van der Waals surface area contributed by atoms with E-state index in [9.17, 15) is 5.11 Å². The van der Waals surface area contributed by atoms with Crippen molar-refractivity contribution in [1.82, 2.24) is 9.80 Å². The van der Waals surface area contributed by atoms with Gasteiger partial charge in [-0.1, -0.05) is 20.8 Å². The summed E-state index contributed by atoms with van der Waals surface area (Å²) in [5, 5.41) is 9.28. The van der Waals surface area contributed by atoms with E-state index in [1.807, 2.05) is 0 Å². The van der Waals surface area contributed by atoms with Crippen molar-refractivity contribution < 1.29 is 5.11 Å². The lowest BCUT2D eigenvalue weighted by molar-refractivity contribution is 0.101. The summed E-state index contributed by atoms with van der Waals surface area (Å²) >= 11 is 0. The van der Waals surface area contributed by atoms with Crippen LogP contribution in [-0.2, 0) is 0 Å². The van der Waals surface area contributed by atoms with E-state index in [0.29, 0.717) is 24.0 Å². The molecule has 1 heterocycles. The molecule has 1 aliphatic rings. The molecule has 126 valence electrons. The Balaban J connectivity index is 2.27. The molecule has 1 N–H and O–H groups in total. The van der Waals surface area contributed by atoms with Gasteiger partial charge < -0.3 is 10.0 Å². The van der Waals surface area contributed by atoms with E-state index in [1.54, 1.807) is 0 Å². The number of hydrogen-bond donors (Lipinski definition) is 1. The van der Waals surface area contributed by atoms with Gasteiger partial charge in [0.25, 0.3) is 0 Å². The van der Waals surface area contributed by atoms with Crippen LogP contribution in [0.15, 0.2) is 0 Å². The van der Waals surface area contributed by atoms with Crippen LogP contribution in [0.2, 0.25) is 0 Å². The number of rotatable bonds is 8. The standard InChI is InChI=1S/C18H38N2O/c1-16(2)20-13-11-19(12-14-20)10-7-17(8-15-21)6-9-18(3,4)5/h16-17,21H,6-15H2,1-5H3/t17-/m1/s1. The molecule has 1 rings (SSSR count). The number of nitrogens with zero attached hydrogens (tertiary/aromatic N) is 2. The maximum Gasteiger partial charge on any atom is 0.0433 e. The van der Waals surface area contributed by atoms with Gasteiger partial charge in [-0.25, -0.2) is 0 Å². The summed E-state index contributed by atoms with van der Waals surface area (Å²) in [6.45, 7) is 17.9. The summed E-state index contributed by atoms with van der Waals surface area (Å²) in [6, 6.07) is 0.682. The van der Waals surface area contributed by atoms with E-state index in [4.69, 9.17) is 0 Å². The van der Waals surface area contributed by atoms with Gasteiger partial charge in [0.05, 0.1) is 0 Å². The zero-order chi connectivity index (χ0) is 15.9. The van der Waals surface area contributed by atoms with E-state index in [-0.39, 0.29) is 0 Å². The second kappa shape index (κ2) is 9.12. The van der Waals surface area contributed by atoms with Crippen LogP contribution in [0.4, 0.5) is 0 Å². The summed E-state index contributed by atoms with van der Waals surface area (Å²) in [5.41, 5.74) is 0.413. The van der Waals surface area contributed by atoms with Crippen molar-refractivity contribution in [2.45, 2.75) is 66.3 Å². The lowest BCUT2D eigenvalue weighted by Crippen LogP contribution is -2.49. The highest BCUT2D eigenvalue weighted by Gasteiger charge is 2.20. The van der Waals surface area contributed by atoms with E-state index < -0.39 is 0 Å². The second-order valence-corrected chi connectivity index (χ2v) is 8.24. The molecule has 1 aliphatic heterocycles. The molecule has 0 bridgehead atoms. The van der Waals surface area contributed by atoms with Gasteiger partial charge in [-0.3, -0.25) is 4.90 Å². The molecule has 0 spiro atoms. The van der Waals surface area contributed by atoms with Gasteiger partial charge >= 0.3 is 0 Å². The van der Waals surface area contributed by atoms with Gasteiger partial charge in [0.15, 0.2) is 0 Å². The first-order valence-corrected chi connectivity index (χ1v) is 8.89. The predicted molar refractivity (Wildman–Crippen MR) is 91.6 cm³/mol. The molecule has 0 aromatic carbocycles. The van der Waals surface area contributed by atoms with Gasteiger partial charge in [0, 0.05) is 38.8 Å². The van der Waals surface area contributed by atoms with Crippen molar-refractivity contribution in [3.05, 3.63) is 0 Å². The van der Waals surface area contributed by atoms with Gasteiger partial charge in [-0.2, -0.15) is 0 Å². The van der Waals surface area contributed by atoms with E-state index in [1.165, 1.54) is 52.0 Å². The van der Waals surface area contributed by atoms with Crippen molar-refractivity contribution >= 4 is 0 Å². The molecular weight excluding hydrogens is 260 g/mol. The lowest BCUT2D eigenvalue weighted by Gasteiger charge is -2.37. The first-order chi connectivity index (χ1) is 9.81. The van der Waals surface area contributed by atoms with Crippen molar-refractivity contribution in [3.8, 4) is 0 Å². The first kappa shape index (κ1) is 18.9. The number of hydrogen-bond acceptors (Lipinski definition) is 3. The molecule has 0 amide bonds. The van der Waals surface area contributed by atoms with Crippen molar-refractivity contribution in [3.63, 3.8) is 0 Å². The third-order valence-corrected chi connectivity index (χ3v) is 4.83. The third kappa shape index (κ3) is 8.18. The summed E-state index contributed by atoms with van der Waals surface area (Å²) in [6.07, 6.45) is 4.75. The molecule has 1 atom stereocenters. The maximum atomic E-state index is 9.28. The molecule has 3 nitrogen and oxygen atoms in total. The first-order valence-electron chi connectivity index (χ1n) is 8.89. The van der Waals surface area contributed by atoms with Crippen LogP contribution in [0.5, 0.6) is 0 Å². The Morgan fingerprint density at radius 1 is 0.952 bits per heavy atom. The zero-order valence-electron chi connectivity index (χ0n) is 15.1. The van der Waals surface area contributed by atoms with E-state index in [2.05, 4.69) is 44.4 Å². The van der Waals surface area contributed by atoms with E-state index in [0.717, 1.165) is 6.42 Å². The largest absolute Gasteiger partial charge is 0.396 e. The molecule has 1 saturated heterocycles. The quantitative estimate of drug-likeness (QED) is 0.745. The molecule has 3 heteroatoms. The molecule has 0 aliphatic carbocycles. The van der Waals surface area contributed by atoms with Gasteiger partial charge in [0.1, 0.15) is 0 Å². The Hall–Kier alpha value is -0.120. The Bertz CT molecular complexity index is 265. The summed E-state index contributed by atoms with van der Waals surface area (Å²) < 4.78 is 0. The fourth-order valence-corrected chi connectivity index (χ4v) is 3.12. The topological polar surface area (TPSA) is 26.7 Å². The molecule has 0 radical (unpaired) electrons. The van der Waals surface area contributed by atoms with Crippen LogP contribution in [0.3, 0.4) is 0 Å². The highest BCUT2D eigenvalue weighted by molar-refractivity contribution is 4.75. The van der Waals surface area contributed by atoms with Gasteiger partial charge in [-0.05, 0) is 57.4 Å². The lowest BCUT2D eigenvalue weighted by atomic mass is 9.84. The molecule has 0 aromatic rings. The van der Waals surface area contributed by atoms with Gasteiger partial charge in [0.2, 0.25) is 0 Å². The molecule has 0 saturated carbocycles. The minimum atomic E-state index is 0.343. The number of aliphatic hydroxyl groups is 1. The van der Waals surface area contributed by atoms with Crippen molar-refractivity contribution in [2.75, 3.05) is 39.3 Å². The minimum absolute atomic E-state index is 0.343. The van der Waals surface area contributed by atoms with Gasteiger partial charge in [-0.15, -0.1) is 0 Å². The monoisotopic (exact) mass is 298 g/mol. The Morgan fingerprint density at radius 2 is 1.57 bits per heavy atom. The smallest absolute Gasteiger partial charge is 0.0433 e. The fraction of sp³-hybridized carbons (Fsp3) is 1.00. The predicted octanol–water partition coefficient (Wildman–Crippen LogP) is 3.23. The summed E-state index contributed by atoms with van der Waals surface area (Å²) in [7, 11) is 0. The van der Waals surface area contributed by atoms with Crippen LogP contribution in [0.25, 0.3) is 0 Å². The maximum absolute atomic E-state index is 9.28. The minimum Gasteiger partial charge on any atom is -0.396 e. The Labute approximate surface area is 132 Å². The number of aliphatic hydroxyl groups excluding tert-OH is 1. The summed E-state index contributed by atoms with van der Waals surface area (Å²) in [5.74, 6) is 0.692. The van der Waals surface area contributed by atoms with Crippen LogP contribution in [0, 0.1) is 11.3 Å². The van der Waals surface area contributed by atoms with Crippen LogP contribution >= 0.6 is 0 Å². The van der Waals surface area contributed by atoms with Crippen LogP contribution in [-0.4, -0.2) is 60.3 Å². The van der Waals surface area contributed by atoms with Crippen molar-refractivity contribution in [1.29, 1.82) is 0 Å².